The highest BCUT2D eigenvalue weighted by molar-refractivity contribution is 5.79. The van der Waals surface area contributed by atoms with Gasteiger partial charge in [0.2, 0.25) is 5.91 Å². The van der Waals surface area contributed by atoms with Gasteiger partial charge in [-0.2, -0.15) is 0 Å². The zero-order chi connectivity index (χ0) is 20.6. The zero-order valence-corrected chi connectivity index (χ0v) is 16.8. The standard InChI is InChI=1S/C23H30N4O2/c24-21-5-1-17(2-6-21)12-23(29)27(14-18-3-7-22(25)8-4-18)15-20-11-19(16-28)9-10-26-13-20/h1-9,20,26,28H,10-16,24-25H2/p+1/t20-/m1/s1. The number of aliphatic hydroxyl groups is 1. The average molecular weight is 396 g/mol. The average Bonchev–Trinajstić information content (AvgIpc) is 2.96. The lowest BCUT2D eigenvalue weighted by Gasteiger charge is -2.27. The van der Waals surface area contributed by atoms with E-state index in [0.29, 0.717) is 36.8 Å². The quantitative estimate of drug-likeness (QED) is 0.413. The molecule has 7 N–H and O–H groups in total. The van der Waals surface area contributed by atoms with Crippen LogP contribution in [0.4, 0.5) is 11.4 Å². The van der Waals surface area contributed by atoms with E-state index in [0.717, 1.165) is 36.2 Å². The smallest absolute Gasteiger partial charge is 0.227 e. The first-order valence-electron chi connectivity index (χ1n) is 10.1. The van der Waals surface area contributed by atoms with E-state index in [9.17, 15) is 9.90 Å². The number of benzene rings is 2. The minimum atomic E-state index is 0.0850. The highest BCUT2D eigenvalue weighted by Crippen LogP contribution is 2.17. The number of quaternary nitrogens is 1. The maximum atomic E-state index is 13.2. The summed E-state index contributed by atoms with van der Waals surface area (Å²) in [7, 11) is 0. The molecule has 1 amide bonds. The molecule has 0 saturated heterocycles. The Morgan fingerprint density at radius 2 is 1.66 bits per heavy atom. The highest BCUT2D eigenvalue weighted by atomic mass is 16.3. The van der Waals surface area contributed by atoms with Crippen LogP contribution in [0.15, 0.2) is 60.2 Å². The highest BCUT2D eigenvalue weighted by Gasteiger charge is 2.23. The molecule has 154 valence electrons. The van der Waals surface area contributed by atoms with Crippen LogP contribution in [0, 0.1) is 5.92 Å². The molecule has 1 aliphatic rings. The van der Waals surface area contributed by atoms with Crippen molar-refractivity contribution in [2.45, 2.75) is 19.4 Å². The van der Waals surface area contributed by atoms with Gasteiger partial charge in [0.1, 0.15) is 0 Å². The number of aliphatic hydroxyl groups excluding tert-OH is 1. The van der Waals surface area contributed by atoms with Gasteiger partial charge in [-0.3, -0.25) is 4.79 Å². The summed E-state index contributed by atoms with van der Waals surface area (Å²) in [4.78, 5) is 15.1. The normalized spacial score (nSPS) is 16.7. The van der Waals surface area contributed by atoms with Gasteiger partial charge >= 0.3 is 0 Å². The Kier molecular flexibility index (Phi) is 7.27. The van der Waals surface area contributed by atoms with Crippen LogP contribution in [0.25, 0.3) is 0 Å². The second kappa shape index (κ2) is 10.1. The number of hydrogen-bond acceptors (Lipinski definition) is 4. The van der Waals surface area contributed by atoms with Crippen LogP contribution in [-0.4, -0.2) is 42.2 Å². The first-order valence-corrected chi connectivity index (χ1v) is 10.1. The van der Waals surface area contributed by atoms with Crippen LogP contribution in [0.1, 0.15) is 17.5 Å². The van der Waals surface area contributed by atoms with E-state index < -0.39 is 0 Å². The van der Waals surface area contributed by atoms with E-state index in [1.54, 1.807) is 0 Å². The molecule has 3 rings (SSSR count). The van der Waals surface area contributed by atoms with Crippen LogP contribution < -0.4 is 16.8 Å². The van der Waals surface area contributed by atoms with Crippen LogP contribution in [0.5, 0.6) is 0 Å². The van der Waals surface area contributed by atoms with Gasteiger partial charge in [-0.1, -0.05) is 24.3 Å². The largest absolute Gasteiger partial charge is 0.399 e. The number of nitrogens with zero attached hydrogens (tertiary/aromatic N) is 1. The number of nitrogen functional groups attached to an aromatic ring is 2. The Hall–Kier alpha value is -2.83. The molecule has 2 aromatic carbocycles. The van der Waals surface area contributed by atoms with Crippen molar-refractivity contribution in [2.75, 3.05) is 37.7 Å². The van der Waals surface area contributed by atoms with Crippen molar-refractivity contribution < 1.29 is 15.2 Å². The summed E-state index contributed by atoms with van der Waals surface area (Å²) in [5, 5.41) is 11.8. The monoisotopic (exact) mass is 395 g/mol. The second-order valence-electron chi connectivity index (χ2n) is 7.78. The van der Waals surface area contributed by atoms with Crippen LogP contribution in [-0.2, 0) is 17.8 Å². The van der Waals surface area contributed by atoms with E-state index >= 15 is 0 Å². The van der Waals surface area contributed by atoms with Crippen LogP contribution in [0.2, 0.25) is 0 Å². The number of hydrogen-bond donors (Lipinski definition) is 4. The Morgan fingerprint density at radius 1 is 1.03 bits per heavy atom. The molecule has 6 nitrogen and oxygen atoms in total. The molecule has 0 aliphatic carbocycles. The fraction of sp³-hybridized carbons (Fsp3) is 0.348. The molecule has 6 heteroatoms. The number of carbonyl (C=O) groups is 1. The Bertz CT molecular complexity index is 831. The number of amides is 1. The molecule has 0 spiro atoms. The van der Waals surface area contributed by atoms with Crippen molar-refractivity contribution in [3.63, 3.8) is 0 Å². The van der Waals surface area contributed by atoms with E-state index in [2.05, 4.69) is 11.4 Å². The molecule has 0 aromatic heterocycles. The fourth-order valence-electron chi connectivity index (χ4n) is 3.72. The Balaban J connectivity index is 1.74. The molecule has 29 heavy (non-hydrogen) atoms. The summed E-state index contributed by atoms with van der Waals surface area (Å²) < 4.78 is 0. The molecule has 0 unspecified atom stereocenters. The first-order chi connectivity index (χ1) is 14.0. The summed E-state index contributed by atoms with van der Waals surface area (Å²) >= 11 is 0. The van der Waals surface area contributed by atoms with Crippen LogP contribution in [0.3, 0.4) is 0 Å². The second-order valence-corrected chi connectivity index (χ2v) is 7.78. The Labute approximate surface area is 172 Å². The number of nitrogens with two attached hydrogens (primary N) is 3. The molecule has 1 heterocycles. The van der Waals surface area contributed by atoms with Gasteiger partial charge in [-0.25, -0.2) is 0 Å². The summed E-state index contributed by atoms with van der Waals surface area (Å²) in [5.41, 5.74) is 16.0. The summed E-state index contributed by atoms with van der Waals surface area (Å²) in [6.07, 6.45) is 3.26. The van der Waals surface area contributed by atoms with Gasteiger partial charge in [-0.15, -0.1) is 0 Å². The maximum absolute atomic E-state index is 13.2. The lowest BCUT2D eigenvalue weighted by atomic mass is 9.99. The minimum Gasteiger partial charge on any atom is -0.399 e. The molecule has 0 saturated carbocycles. The Morgan fingerprint density at radius 3 is 2.28 bits per heavy atom. The van der Waals surface area contributed by atoms with Gasteiger partial charge in [0.25, 0.3) is 0 Å². The lowest BCUT2D eigenvalue weighted by molar-refractivity contribution is -0.650. The molecule has 0 fully saturated rings. The van der Waals surface area contributed by atoms with Crippen molar-refractivity contribution >= 4 is 17.3 Å². The molecule has 1 atom stereocenters. The molecule has 0 bridgehead atoms. The topological polar surface area (TPSA) is 109 Å². The predicted molar refractivity (Wildman–Crippen MR) is 116 cm³/mol. The van der Waals surface area contributed by atoms with Gasteiger partial charge in [0.05, 0.1) is 26.1 Å². The van der Waals surface area contributed by atoms with Gasteiger partial charge in [-0.05, 0) is 53.5 Å². The van der Waals surface area contributed by atoms with E-state index in [4.69, 9.17) is 11.5 Å². The third-order valence-electron chi connectivity index (χ3n) is 5.35. The number of carbonyl (C=O) groups excluding carboxylic acids is 1. The predicted octanol–water partition coefficient (Wildman–Crippen LogP) is 0.924. The molecular formula is C23H31N4O2+. The van der Waals surface area contributed by atoms with Crippen LogP contribution >= 0.6 is 0 Å². The van der Waals surface area contributed by atoms with Crippen molar-refractivity contribution in [2.24, 2.45) is 5.92 Å². The first kappa shape index (κ1) is 20.9. The molecule has 1 aliphatic heterocycles. The van der Waals surface area contributed by atoms with Crippen molar-refractivity contribution in [1.29, 1.82) is 0 Å². The zero-order valence-electron chi connectivity index (χ0n) is 16.8. The van der Waals surface area contributed by atoms with Gasteiger partial charge in [0, 0.05) is 30.4 Å². The van der Waals surface area contributed by atoms with Gasteiger partial charge < -0.3 is 26.8 Å². The van der Waals surface area contributed by atoms with E-state index in [1.165, 1.54) is 0 Å². The SMILES string of the molecule is Nc1ccc(CC(=O)N(Cc2ccc(N)cc2)C[C@H]2C[NH2+]CC=C(CO)C2)cc1. The van der Waals surface area contributed by atoms with E-state index in [-0.39, 0.29) is 12.5 Å². The van der Waals surface area contributed by atoms with Crippen molar-refractivity contribution in [3.8, 4) is 0 Å². The minimum absolute atomic E-state index is 0.0850. The number of anilines is 2. The number of rotatable bonds is 7. The summed E-state index contributed by atoms with van der Waals surface area (Å²) in [6, 6.07) is 15.1. The summed E-state index contributed by atoms with van der Waals surface area (Å²) in [5.74, 6) is 0.394. The van der Waals surface area contributed by atoms with E-state index in [1.807, 2.05) is 53.4 Å². The fourth-order valence-corrected chi connectivity index (χ4v) is 3.72. The maximum Gasteiger partial charge on any atom is 0.227 e. The molecule has 2 aromatic rings. The molecular weight excluding hydrogens is 364 g/mol. The lowest BCUT2D eigenvalue weighted by Crippen LogP contribution is -2.85. The third kappa shape index (κ3) is 6.34. The van der Waals surface area contributed by atoms with Gasteiger partial charge in [0.15, 0.2) is 0 Å². The van der Waals surface area contributed by atoms with Crippen molar-refractivity contribution in [3.05, 3.63) is 71.3 Å². The van der Waals surface area contributed by atoms with Crippen molar-refractivity contribution in [1.82, 2.24) is 4.90 Å². The molecule has 0 radical (unpaired) electrons. The summed E-state index contributed by atoms with van der Waals surface area (Å²) in [6.45, 7) is 3.10. The third-order valence-corrected chi connectivity index (χ3v) is 5.35.